The fourth-order valence-corrected chi connectivity index (χ4v) is 1.80. The van der Waals surface area contributed by atoms with E-state index in [2.05, 4.69) is 0 Å². The summed E-state index contributed by atoms with van der Waals surface area (Å²) in [5.74, 6) is -0.0942. The topological polar surface area (TPSA) is 40.5 Å². The van der Waals surface area contributed by atoms with Crippen LogP contribution in [0.25, 0.3) is 0 Å². The molecule has 13 heavy (non-hydrogen) atoms. The van der Waals surface area contributed by atoms with Crippen LogP contribution in [-0.4, -0.2) is 39.5 Å². The minimum atomic E-state index is -0.510. The Bertz CT molecular complexity index is 216. The van der Waals surface area contributed by atoms with Crippen molar-refractivity contribution in [3.63, 3.8) is 0 Å². The number of rotatable bonds is 1. The third-order valence-corrected chi connectivity index (χ3v) is 2.93. The molecule has 0 aromatic carbocycles. The largest absolute Gasteiger partial charge is 0.391 e. The second-order valence-corrected chi connectivity index (χ2v) is 4.72. The van der Waals surface area contributed by atoms with E-state index in [0.29, 0.717) is 13.0 Å². The highest BCUT2D eigenvalue weighted by Crippen LogP contribution is 2.29. The van der Waals surface area contributed by atoms with E-state index in [1.165, 1.54) is 0 Å². The van der Waals surface area contributed by atoms with Gasteiger partial charge >= 0.3 is 0 Å². The molecule has 0 radical (unpaired) electrons. The Morgan fingerprint density at radius 2 is 2.23 bits per heavy atom. The molecule has 2 unspecified atom stereocenters. The molecule has 0 saturated carbocycles. The number of hydrogen-bond acceptors (Lipinski definition) is 2. The summed E-state index contributed by atoms with van der Waals surface area (Å²) < 4.78 is 0. The molecule has 0 aromatic rings. The standard InChI is InChI=1S/C9H16ClNO2/c1-6(10)8(13)11-5-4-7(12)9(11,2)3/h6-7,12H,4-5H2,1-3H3. The molecule has 0 spiro atoms. The van der Waals surface area contributed by atoms with Crippen LogP contribution in [0.15, 0.2) is 0 Å². The maximum Gasteiger partial charge on any atom is 0.240 e. The van der Waals surface area contributed by atoms with Gasteiger partial charge in [0.15, 0.2) is 0 Å². The average Bonchev–Trinajstić information content (AvgIpc) is 2.26. The number of aliphatic hydroxyl groups is 1. The van der Waals surface area contributed by atoms with Crippen LogP contribution in [0.5, 0.6) is 0 Å². The van der Waals surface area contributed by atoms with Crippen LogP contribution < -0.4 is 0 Å². The fourth-order valence-electron chi connectivity index (χ4n) is 1.68. The van der Waals surface area contributed by atoms with Crippen LogP contribution in [-0.2, 0) is 4.79 Å². The predicted octanol–water partition coefficient (Wildman–Crippen LogP) is 0.986. The monoisotopic (exact) mass is 205 g/mol. The Labute approximate surface area is 83.7 Å². The number of likely N-dealkylation sites (tertiary alicyclic amines) is 1. The van der Waals surface area contributed by atoms with Gasteiger partial charge in [-0.3, -0.25) is 4.79 Å². The molecule has 1 fully saturated rings. The Morgan fingerprint density at radius 1 is 1.69 bits per heavy atom. The lowest BCUT2D eigenvalue weighted by Crippen LogP contribution is -2.50. The summed E-state index contributed by atoms with van der Waals surface area (Å²) in [5, 5.41) is 9.11. The SMILES string of the molecule is CC(Cl)C(=O)N1CCC(O)C1(C)C. The second-order valence-electron chi connectivity index (χ2n) is 4.06. The second kappa shape index (κ2) is 3.46. The van der Waals surface area contributed by atoms with Crippen molar-refractivity contribution in [2.45, 2.75) is 44.2 Å². The molecular formula is C9H16ClNO2. The highest BCUT2D eigenvalue weighted by Gasteiger charge is 2.43. The molecule has 76 valence electrons. The van der Waals surface area contributed by atoms with Gasteiger partial charge in [0.1, 0.15) is 5.38 Å². The molecule has 0 bridgehead atoms. The van der Waals surface area contributed by atoms with Crippen LogP contribution in [0.2, 0.25) is 0 Å². The average molecular weight is 206 g/mol. The van der Waals surface area contributed by atoms with Gasteiger partial charge in [-0.15, -0.1) is 11.6 Å². The summed E-state index contributed by atoms with van der Waals surface area (Å²) in [6, 6.07) is 0. The van der Waals surface area contributed by atoms with Crippen molar-refractivity contribution < 1.29 is 9.90 Å². The van der Waals surface area contributed by atoms with Crippen LogP contribution >= 0.6 is 11.6 Å². The summed E-state index contributed by atoms with van der Waals surface area (Å²) in [7, 11) is 0. The van der Waals surface area contributed by atoms with E-state index in [-0.39, 0.29) is 5.91 Å². The van der Waals surface area contributed by atoms with E-state index >= 15 is 0 Å². The molecule has 1 amide bonds. The summed E-state index contributed by atoms with van der Waals surface area (Å²) in [6.07, 6.45) is 0.203. The van der Waals surface area contributed by atoms with Gasteiger partial charge in [-0.25, -0.2) is 0 Å². The van der Waals surface area contributed by atoms with Gasteiger partial charge < -0.3 is 10.0 Å². The Hall–Kier alpha value is -0.280. The van der Waals surface area contributed by atoms with Crippen molar-refractivity contribution in [2.75, 3.05) is 6.54 Å². The van der Waals surface area contributed by atoms with E-state index in [4.69, 9.17) is 11.6 Å². The Kier molecular flexibility index (Phi) is 2.88. The molecule has 4 heteroatoms. The summed E-state index contributed by atoms with van der Waals surface area (Å²) in [6.45, 7) is 5.98. The van der Waals surface area contributed by atoms with Crippen LogP contribution in [0.4, 0.5) is 0 Å². The number of nitrogens with zero attached hydrogens (tertiary/aromatic N) is 1. The highest BCUT2D eigenvalue weighted by molar-refractivity contribution is 6.30. The van der Waals surface area contributed by atoms with Gasteiger partial charge in [0.25, 0.3) is 0 Å². The van der Waals surface area contributed by atoms with E-state index in [1.54, 1.807) is 11.8 Å². The molecule has 0 aliphatic carbocycles. The first-order chi connectivity index (χ1) is 5.87. The molecule has 1 N–H and O–H groups in total. The fraction of sp³-hybridized carbons (Fsp3) is 0.889. The lowest BCUT2D eigenvalue weighted by Gasteiger charge is -2.34. The van der Waals surface area contributed by atoms with Crippen molar-refractivity contribution in [3.8, 4) is 0 Å². The van der Waals surface area contributed by atoms with E-state index < -0.39 is 17.0 Å². The molecule has 1 rings (SSSR count). The zero-order chi connectivity index (χ0) is 10.2. The number of amides is 1. The molecule has 3 nitrogen and oxygen atoms in total. The number of aliphatic hydroxyl groups excluding tert-OH is 1. The van der Waals surface area contributed by atoms with Gasteiger partial charge in [0.05, 0.1) is 11.6 Å². The third kappa shape index (κ3) is 1.81. The van der Waals surface area contributed by atoms with Crippen LogP contribution in [0.1, 0.15) is 27.2 Å². The number of hydrogen-bond donors (Lipinski definition) is 1. The normalized spacial score (nSPS) is 29.0. The molecular weight excluding hydrogens is 190 g/mol. The highest BCUT2D eigenvalue weighted by atomic mass is 35.5. The molecule has 1 aliphatic rings. The molecule has 0 aromatic heterocycles. The maximum atomic E-state index is 11.6. The van der Waals surface area contributed by atoms with Crippen molar-refractivity contribution in [2.24, 2.45) is 0 Å². The van der Waals surface area contributed by atoms with Gasteiger partial charge in [-0.1, -0.05) is 0 Å². The number of alkyl halides is 1. The summed E-state index contributed by atoms with van der Waals surface area (Å²) >= 11 is 5.71. The third-order valence-electron chi connectivity index (χ3n) is 2.74. The number of carbonyl (C=O) groups excluding carboxylic acids is 1. The molecule has 1 aliphatic heterocycles. The van der Waals surface area contributed by atoms with Crippen LogP contribution in [0, 0.1) is 0 Å². The van der Waals surface area contributed by atoms with Gasteiger partial charge in [-0.05, 0) is 27.2 Å². The van der Waals surface area contributed by atoms with Crippen molar-refractivity contribution >= 4 is 17.5 Å². The van der Waals surface area contributed by atoms with E-state index in [1.807, 2.05) is 13.8 Å². The number of halogens is 1. The van der Waals surface area contributed by atoms with Gasteiger partial charge in [0.2, 0.25) is 5.91 Å². The predicted molar refractivity (Wildman–Crippen MR) is 51.7 cm³/mol. The van der Waals surface area contributed by atoms with E-state index in [9.17, 15) is 9.90 Å². The van der Waals surface area contributed by atoms with E-state index in [0.717, 1.165) is 0 Å². The first kappa shape index (κ1) is 10.8. The summed E-state index contributed by atoms with van der Waals surface area (Å²) in [5.41, 5.74) is -0.472. The molecule has 2 atom stereocenters. The van der Waals surface area contributed by atoms with Crippen molar-refractivity contribution in [3.05, 3.63) is 0 Å². The zero-order valence-corrected chi connectivity index (χ0v) is 9.01. The minimum absolute atomic E-state index is 0.0942. The lowest BCUT2D eigenvalue weighted by atomic mass is 9.98. The van der Waals surface area contributed by atoms with Crippen LogP contribution in [0.3, 0.4) is 0 Å². The zero-order valence-electron chi connectivity index (χ0n) is 8.25. The molecule has 1 heterocycles. The Morgan fingerprint density at radius 3 is 2.54 bits per heavy atom. The van der Waals surface area contributed by atoms with Crippen molar-refractivity contribution in [1.29, 1.82) is 0 Å². The summed E-state index contributed by atoms with van der Waals surface area (Å²) in [4.78, 5) is 13.3. The van der Waals surface area contributed by atoms with Crippen molar-refractivity contribution in [1.82, 2.24) is 4.90 Å². The smallest absolute Gasteiger partial charge is 0.240 e. The van der Waals surface area contributed by atoms with Gasteiger partial charge in [-0.2, -0.15) is 0 Å². The van der Waals surface area contributed by atoms with Gasteiger partial charge in [0, 0.05) is 6.54 Å². The Balaban J connectivity index is 2.78. The number of carbonyl (C=O) groups is 1. The maximum absolute atomic E-state index is 11.6. The quantitative estimate of drug-likeness (QED) is 0.649. The lowest BCUT2D eigenvalue weighted by molar-refractivity contribution is -0.135. The first-order valence-corrected chi connectivity index (χ1v) is 4.94. The minimum Gasteiger partial charge on any atom is -0.391 e. The molecule has 1 saturated heterocycles. The first-order valence-electron chi connectivity index (χ1n) is 4.51.